The van der Waals surface area contributed by atoms with Gasteiger partial charge in [0, 0.05) is 26.5 Å². The molecule has 1 heterocycles. The summed E-state index contributed by atoms with van der Waals surface area (Å²) >= 11 is 0. The van der Waals surface area contributed by atoms with E-state index in [4.69, 9.17) is 9.47 Å². The van der Waals surface area contributed by atoms with E-state index >= 15 is 0 Å². The Kier molecular flexibility index (Phi) is 6.20. The molecule has 16 heavy (non-hydrogen) atoms. The van der Waals surface area contributed by atoms with Gasteiger partial charge in [-0.15, -0.1) is 0 Å². The fourth-order valence-electron chi connectivity index (χ4n) is 1.10. The third kappa shape index (κ3) is 4.90. The van der Waals surface area contributed by atoms with Crippen molar-refractivity contribution in [1.82, 2.24) is 15.5 Å². The van der Waals surface area contributed by atoms with Gasteiger partial charge < -0.3 is 14.8 Å². The number of ether oxygens (including phenoxy) is 2. The SMILES string of the molecule is COCCOCCCNC(=O)c1cn[nH]c1. The molecule has 0 aliphatic heterocycles. The number of hydrogen-bond donors (Lipinski definition) is 2. The van der Waals surface area contributed by atoms with Gasteiger partial charge in [-0.2, -0.15) is 5.10 Å². The molecule has 0 unspecified atom stereocenters. The molecular formula is C10H17N3O3. The summed E-state index contributed by atoms with van der Waals surface area (Å²) in [5.41, 5.74) is 0.542. The lowest BCUT2D eigenvalue weighted by molar-refractivity contribution is 0.0688. The summed E-state index contributed by atoms with van der Waals surface area (Å²) in [5.74, 6) is -0.120. The van der Waals surface area contributed by atoms with Crippen LogP contribution in [0.2, 0.25) is 0 Å². The van der Waals surface area contributed by atoms with Crippen molar-refractivity contribution >= 4 is 5.91 Å². The van der Waals surface area contributed by atoms with E-state index in [-0.39, 0.29) is 5.91 Å². The van der Waals surface area contributed by atoms with Gasteiger partial charge in [0.1, 0.15) is 0 Å². The largest absolute Gasteiger partial charge is 0.382 e. The predicted octanol–water partition coefficient (Wildman–Crippen LogP) is 0.193. The number of rotatable bonds is 8. The maximum atomic E-state index is 11.4. The van der Waals surface area contributed by atoms with E-state index in [2.05, 4.69) is 15.5 Å². The first-order chi connectivity index (χ1) is 7.84. The van der Waals surface area contributed by atoms with Crippen LogP contribution in [0.4, 0.5) is 0 Å². The molecule has 0 radical (unpaired) electrons. The molecule has 0 aliphatic rings. The highest BCUT2D eigenvalue weighted by Gasteiger charge is 2.04. The van der Waals surface area contributed by atoms with E-state index in [0.29, 0.717) is 31.9 Å². The Morgan fingerprint density at radius 1 is 1.50 bits per heavy atom. The van der Waals surface area contributed by atoms with Gasteiger partial charge in [0.2, 0.25) is 0 Å². The minimum atomic E-state index is -0.120. The van der Waals surface area contributed by atoms with Gasteiger partial charge in [0.05, 0.1) is 25.0 Å². The molecule has 6 heteroatoms. The average molecular weight is 227 g/mol. The fourth-order valence-corrected chi connectivity index (χ4v) is 1.10. The van der Waals surface area contributed by atoms with Crippen LogP contribution in [0.1, 0.15) is 16.8 Å². The Balaban J connectivity index is 1.97. The Morgan fingerprint density at radius 3 is 3.06 bits per heavy atom. The summed E-state index contributed by atoms with van der Waals surface area (Å²) in [6.07, 6.45) is 3.84. The highest BCUT2D eigenvalue weighted by atomic mass is 16.5. The number of nitrogens with one attached hydrogen (secondary N) is 2. The Labute approximate surface area is 94.3 Å². The second-order valence-electron chi connectivity index (χ2n) is 3.20. The molecule has 0 spiro atoms. The molecule has 0 saturated carbocycles. The van der Waals surface area contributed by atoms with Crippen molar-refractivity contribution in [3.05, 3.63) is 18.0 Å². The maximum absolute atomic E-state index is 11.4. The van der Waals surface area contributed by atoms with Gasteiger partial charge in [-0.3, -0.25) is 9.89 Å². The van der Waals surface area contributed by atoms with Crippen molar-refractivity contribution in [1.29, 1.82) is 0 Å². The lowest BCUT2D eigenvalue weighted by Gasteiger charge is -2.04. The van der Waals surface area contributed by atoms with E-state index in [0.717, 1.165) is 6.42 Å². The standard InChI is InChI=1S/C10H17N3O3/c1-15-5-6-16-4-2-3-11-10(14)9-7-12-13-8-9/h7-8H,2-6H2,1H3,(H,11,14)(H,12,13). The molecule has 1 rings (SSSR count). The van der Waals surface area contributed by atoms with Crippen LogP contribution in [0.25, 0.3) is 0 Å². The smallest absolute Gasteiger partial charge is 0.254 e. The zero-order valence-electron chi connectivity index (χ0n) is 9.36. The number of carbonyl (C=O) groups excluding carboxylic acids is 1. The topological polar surface area (TPSA) is 76.2 Å². The van der Waals surface area contributed by atoms with E-state index in [9.17, 15) is 4.79 Å². The highest BCUT2D eigenvalue weighted by Crippen LogP contribution is 1.92. The molecule has 0 saturated heterocycles. The number of aromatic nitrogens is 2. The zero-order chi connectivity index (χ0) is 11.6. The Bertz CT molecular complexity index is 288. The lowest BCUT2D eigenvalue weighted by atomic mass is 10.3. The number of amides is 1. The number of nitrogens with zero attached hydrogens (tertiary/aromatic N) is 1. The van der Waals surface area contributed by atoms with Crippen LogP contribution in [0.15, 0.2) is 12.4 Å². The Hall–Kier alpha value is -1.40. The second-order valence-corrected chi connectivity index (χ2v) is 3.20. The van der Waals surface area contributed by atoms with Gasteiger partial charge in [0.15, 0.2) is 0 Å². The van der Waals surface area contributed by atoms with Crippen molar-refractivity contribution in [3.63, 3.8) is 0 Å². The van der Waals surface area contributed by atoms with E-state index in [1.165, 1.54) is 6.20 Å². The number of aromatic amines is 1. The van der Waals surface area contributed by atoms with E-state index in [1.54, 1.807) is 13.3 Å². The average Bonchev–Trinajstić information content (AvgIpc) is 2.81. The van der Waals surface area contributed by atoms with Crippen LogP contribution in [0, 0.1) is 0 Å². The molecular weight excluding hydrogens is 210 g/mol. The molecule has 90 valence electrons. The minimum Gasteiger partial charge on any atom is -0.382 e. The zero-order valence-corrected chi connectivity index (χ0v) is 9.36. The van der Waals surface area contributed by atoms with Crippen molar-refractivity contribution in [2.45, 2.75) is 6.42 Å². The molecule has 6 nitrogen and oxygen atoms in total. The quantitative estimate of drug-likeness (QED) is 0.622. The maximum Gasteiger partial charge on any atom is 0.254 e. The summed E-state index contributed by atoms with van der Waals surface area (Å²) in [6, 6.07) is 0. The molecule has 1 amide bonds. The summed E-state index contributed by atoms with van der Waals surface area (Å²) in [5, 5.41) is 9.05. The first-order valence-corrected chi connectivity index (χ1v) is 5.18. The summed E-state index contributed by atoms with van der Waals surface area (Å²) < 4.78 is 10.1. The monoisotopic (exact) mass is 227 g/mol. The summed E-state index contributed by atoms with van der Waals surface area (Å²) in [6.45, 7) is 2.40. The minimum absolute atomic E-state index is 0.120. The number of carbonyl (C=O) groups is 1. The van der Waals surface area contributed by atoms with Crippen LogP contribution in [0.5, 0.6) is 0 Å². The third-order valence-corrected chi connectivity index (χ3v) is 1.94. The molecule has 0 atom stereocenters. The molecule has 2 N–H and O–H groups in total. The van der Waals surface area contributed by atoms with Crippen LogP contribution in [-0.2, 0) is 9.47 Å². The van der Waals surface area contributed by atoms with Gasteiger partial charge in [-0.05, 0) is 6.42 Å². The highest BCUT2D eigenvalue weighted by molar-refractivity contribution is 5.93. The van der Waals surface area contributed by atoms with Crippen LogP contribution >= 0.6 is 0 Å². The van der Waals surface area contributed by atoms with Crippen molar-refractivity contribution in [2.24, 2.45) is 0 Å². The molecule has 0 aromatic carbocycles. The first kappa shape index (κ1) is 12.7. The third-order valence-electron chi connectivity index (χ3n) is 1.94. The van der Waals surface area contributed by atoms with Crippen LogP contribution < -0.4 is 5.32 Å². The number of methoxy groups -OCH3 is 1. The van der Waals surface area contributed by atoms with Gasteiger partial charge in [-0.1, -0.05) is 0 Å². The summed E-state index contributed by atoms with van der Waals surface area (Å²) in [7, 11) is 1.63. The molecule has 0 bridgehead atoms. The van der Waals surface area contributed by atoms with Gasteiger partial charge in [0.25, 0.3) is 5.91 Å². The Morgan fingerprint density at radius 2 is 2.38 bits per heavy atom. The first-order valence-electron chi connectivity index (χ1n) is 5.18. The number of H-pyrrole nitrogens is 1. The van der Waals surface area contributed by atoms with Crippen LogP contribution in [-0.4, -0.2) is 49.6 Å². The second kappa shape index (κ2) is 7.84. The van der Waals surface area contributed by atoms with Gasteiger partial charge in [-0.25, -0.2) is 0 Å². The van der Waals surface area contributed by atoms with E-state index in [1.807, 2.05) is 0 Å². The van der Waals surface area contributed by atoms with Crippen LogP contribution in [0.3, 0.4) is 0 Å². The van der Waals surface area contributed by atoms with Crippen molar-refractivity contribution < 1.29 is 14.3 Å². The fraction of sp³-hybridized carbons (Fsp3) is 0.600. The van der Waals surface area contributed by atoms with Gasteiger partial charge >= 0.3 is 0 Å². The predicted molar refractivity (Wildman–Crippen MR) is 58.2 cm³/mol. The molecule has 0 aliphatic carbocycles. The summed E-state index contributed by atoms with van der Waals surface area (Å²) in [4.78, 5) is 11.4. The van der Waals surface area contributed by atoms with Crippen molar-refractivity contribution in [2.75, 3.05) is 33.5 Å². The molecule has 1 aromatic heterocycles. The lowest BCUT2D eigenvalue weighted by Crippen LogP contribution is -2.25. The molecule has 1 aromatic rings. The van der Waals surface area contributed by atoms with E-state index < -0.39 is 0 Å². The molecule has 0 fully saturated rings. The van der Waals surface area contributed by atoms with Crippen molar-refractivity contribution in [3.8, 4) is 0 Å². The normalized spacial score (nSPS) is 10.3. The number of hydrogen-bond acceptors (Lipinski definition) is 4.